The van der Waals surface area contributed by atoms with Crippen LogP contribution >= 0.6 is 0 Å². The summed E-state index contributed by atoms with van der Waals surface area (Å²) in [4.78, 5) is 45.9. The van der Waals surface area contributed by atoms with Gasteiger partial charge in [-0.1, -0.05) is 12.1 Å². The number of hydrogen-bond donors (Lipinski definition) is 0. The first-order chi connectivity index (χ1) is 13.5. The number of aryl methyl sites for hydroxylation is 1. The highest BCUT2D eigenvalue weighted by molar-refractivity contribution is 5.83. The second kappa shape index (κ2) is 9.17. The summed E-state index contributed by atoms with van der Waals surface area (Å²) in [5.41, 5.74) is -0.313. The van der Waals surface area contributed by atoms with Crippen molar-refractivity contribution in [3.8, 4) is 0 Å². The summed E-state index contributed by atoms with van der Waals surface area (Å²) in [6.45, 7) is 7.61. The predicted molar refractivity (Wildman–Crippen MR) is 112 cm³/mol. The smallest absolute Gasteiger partial charge is 0.326 e. The minimum absolute atomic E-state index is 0.168. The molecule has 0 bridgehead atoms. The van der Waals surface area contributed by atoms with Crippen molar-refractivity contribution in [3.05, 3.63) is 40.4 Å². The molecular formula is C21H30N4O4. The highest BCUT2D eigenvalue weighted by Gasteiger charge is 2.23. The number of carbonyl (C=O) groups is 2. The van der Waals surface area contributed by atoms with Crippen molar-refractivity contribution >= 4 is 22.8 Å². The number of esters is 1. The molecule has 0 radical (unpaired) electrons. The van der Waals surface area contributed by atoms with Crippen molar-refractivity contribution in [3.63, 3.8) is 0 Å². The number of carbonyl (C=O) groups excluding carboxylic acids is 2. The summed E-state index contributed by atoms with van der Waals surface area (Å²) in [7, 11) is 3.77. The summed E-state index contributed by atoms with van der Waals surface area (Å²) in [5, 5.41) is 0.456. The number of hydrogen-bond acceptors (Lipinski definition) is 6. The number of para-hydroxylation sites is 1. The fourth-order valence-corrected chi connectivity index (χ4v) is 2.84. The Hall–Kier alpha value is -2.74. The number of ether oxygens (including phenoxy) is 1. The minimum Gasteiger partial charge on any atom is -0.459 e. The lowest BCUT2D eigenvalue weighted by Gasteiger charge is -2.26. The Bertz CT molecular complexity index is 944. The van der Waals surface area contributed by atoms with E-state index in [1.54, 1.807) is 45.9 Å². The number of nitrogens with zero attached hydrogens (tertiary/aromatic N) is 4. The molecule has 2 rings (SSSR count). The molecule has 0 saturated carbocycles. The SMILES string of the molecule is Cc1nc2ccccc2c(=O)n1CC(=O)N(CCN(C)C)CC(=O)OC(C)(C)C. The summed E-state index contributed by atoms with van der Waals surface area (Å²) in [5.74, 6) is -0.364. The standard InChI is InChI=1S/C21H30N4O4/c1-15-22-17-10-8-7-9-16(17)20(28)25(15)13-18(26)24(12-11-23(5)6)14-19(27)29-21(2,3)4/h7-10H,11-14H2,1-6H3. The van der Waals surface area contributed by atoms with Crippen LogP contribution in [0, 0.1) is 6.92 Å². The molecule has 0 fully saturated rings. The van der Waals surface area contributed by atoms with Gasteiger partial charge in [0.15, 0.2) is 0 Å². The minimum atomic E-state index is -0.636. The lowest BCUT2D eigenvalue weighted by Crippen LogP contribution is -2.44. The van der Waals surface area contributed by atoms with Gasteiger partial charge in [0.1, 0.15) is 24.5 Å². The second-order valence-electron chi connectivity index (χ2n) is 8.27. The number of benzene rings is 1. The van der Waals surface area contributed by atoms with Crippen LogP contribution in [0.3, 0.4) is 0 Å². The molecule has 0 aliphatic heterocycles. The van der Waals surface area contributed by atoms with Crippen LogP contribution in [-0.4, -0.2) is 70.6 Å². The molecule has 0 atom stereocenters. The fraction of sp³-hybridized carbons (Fsp3) is 0.524. The van der Waals surface area contributed by atoms with Gasteiger partial charge in [-0.2, -0.15) is 0 Å². The average molecular weight is 402 g/mol. The van der Waals surface area contributed by atoms with E-state index in [0.717, 1.165) is 0 Å². The van der Waals surface area contributed by atoms with E-state index in [1.807, 2.05) is 25.1 Å². The molecule has 1 heterocycles. The van der Waals surface area contributed by atoms with Crippen LogP contribution in [0.4, 0.5) is 0 Å². The number of likely N-dealkylation sites (N-methyl/N-ethyl adjacent to an activating group) is 1. The molecule has 1 aromatic carbocycles. The quantitative estimate of drug-likeness (QED) is 0.652. The predicted octanol–water partition coefficient (Wildman–Crippen LogP) is 1.44. The van der Waals surface area contributed by atoms with Crippen molar-refractivity contribution in [1.82, 2.24) is 19.4 Å². The van der Waals surface area contributed by atoms with E-state index in [2.05, 4.69) is 4.98 Å². The molecule has 8 heteroatoms. The van der Waals surface area contributed by atoms with Crippen molar-refractivity contribution in [2.24, 2.45) is 0 Å². The van der Waals surface area contributed by atoms with Gasteiger partial charge in [0.05, 0.1) is 10.9 Å². The number of rotatable bonds is 7. The molecule has 1 aromatic heterocycles. The van der Waals surface area contributed by atoms with E-state index in [1.165, 1.54) is 9.47 Å². The van der Waals surface area contributed by atoms with E-state index in [4.69, 9.17) is 4.74 Å². The maximum atomic E-state index is 13.0. The van der Waals surface area contributed by atoms with Crippen LogP contribution in [0.15, 0.2) is 29.1 Å². The van der Waals surface area contributed by atoms with Gasteiger partial charge in [-0.25, -0.2) is 4.98 Å². The first-order valence-electron chi connectivity index (χ1n) is 9.58. The van der Waals surface area contributed by atoms with Crippen LogP contribution in [0.5, 0.6) is 0 Å². The van der Waals surface area contributed by atoms with Crippen LogP contribution in [0.25, 0.3) is 10.9 Å². The molecule has 0 N–H and O–H groups in total. The third-order valence-corrected chi connectivity index (χ3v) is 4.26. The van der Waals surface area contributed by atoms with E-state index in [-0.39, 0.29) is 24.6 Å². The van der Waals surface area contributed by atoms with E-state index in [0.29, 0.717) is 29.8 Å². The molecule has 0 spiro atoms. The maximum absolute atomic E-state index is 13.0. The Morgan fingerprint density at radius 2 is 1.79 bits per heavy atom. The Balaban J connectivity index is 2.26. The van der Waals surface area contributed by atoms with E-state index >= 15 is 0 Å². The first-order valence-corrected chi connectivity index (χ1v) is 9.58. The Kier molecular flexibility index (Phi) is 7.13. The Morgan fingerprint density at radius 1 is 1.14 bits per heavy atom. The van der Waals surface area contributed by atoms with Crippen LogP contribution < -0.4 is 5.56 Å². The number of aromatic nitrogens is 2. The van der Waals surface area contributed by atoms with E-state index < -0.39 is 11.6 Å². The van der Waals surface area contributed by atoms with Gasteiger partial charge >= 0.3 is 5.97 Å². The normalized spacial score (nSPS) is 11.7. The summed E-state index contributed by atoms with van der Waals surface area (Å²) in [6, 6.07) is 7.03. The number of amides is 1. The molecule has 158 valence electrons. The molecule has 29 heavy (non-hydrogen) atoms. The third-order valence-electron chi connectivity index (χ3n) is 4.26. The Morgan fingerprint density at radius 3 is 2.41 bits per heavy atom. The lowest BCUT2D eigenvalue weighted by molar-refractivity contribution is -0.159. The lowest BCUT2D eigenvalue weighted by atomic mass is 10.2. The molecule has 2 aromatic rings. The molecular weight excluding hydrogens is 372 g/mol. The van der Waals surface area contributed by atoms with Crippen molar-refractivity contribution in [1.29, 1.82) is 0 Å². The van der Waals surface area contributed by atoms with Gasteiger partial charge < -0.3 is 14.5 Å². The monoisotopic (exact) mass is 402 g/mol. The van der Waals surface area contributed by atoms with Crippen molar-refractivity contribution in [2.45, 2.75) is 39.8 Å². The van der Waals surface area contributed by atoms with Crippen LogP contribution in [0.2, 0.25) is 0 Å². The molecule has 8 nitrogen and oxygen atoms in total. The zero-order chi connectivity index (χ0) is 21.8. The molecule has 0 aliphatic rings. The zero-order valence-electron chi connectivity index (χ0n) is 18.1. The zero-order valence-corrected chi connectivity index (χ0v) is 18.1. The van der Waals surface area contributed by atoms with E-state index in [9.17, 15) is 14.4 Å². The number of fused-ring (bicyclic) bond motifs is 1. The van der Waals surface area contributed by atoms with Crippen molar-refractivity contribution in [2.75, 3.05) is 33.7 Å². The summed E-state index contributed by atoms with van der Waals surface area (Å²) >= 11 is 0. The van der Waals surface area contributed by atoms with Crippen molar-refractivity contribution < 1.29 is 14.3 Å². The first kappa shape index (κ1) is 22.5. The fourth-order valence-electron chi connectivity index (χ4n) is 2.84. The largest absolute Gasteiger partial charge is 0.459 e. The Labute approximate surface area is 171 Å². The van der Waals surface area contributed by atoms with Crippen LogP contribution in [-0.2, 0) is 20.9 Å². The van der Waals surface area contributed by atoms with Gasteiger partial charge in [0.25, 0.3) is 5.56 Å². The van der Waals surface area contributed by atoms with Crippen LogP contribution in [0.1, 0.15) is 26.6 Å². The van der Waals surface area contributed by atoms with Gasteiger partial charge in [-0.05, 0) is 53.9 Å². The molecule has 1 amide bonds. The van der Waals surface area contributed by atoms with Gasteiger partial charge in [0.2, 0.25) is 5.91 Å². The topological polar surface area (TPSA) is 84.7 Å². The highest BCUT2D eigenvalue weighted by Crippen LogP contribution is 2.09. The molecule has 0 aliphatic carbocycles. The molecule has 0 unspecified atom stereocenters. The van der Waals surface area contributed by atoms with Gasteiger partial charge in [-0.3, -0.25) is 19.0 Å². The van der Waals surface area contributed by atoms with Gasteiger partial charge in [0, 0.05) is 13.1 Å². The highest BCUT2D eigenvalue weighted by atomic mass is 16.6. The summed E-state index contributed by atoms with van der Waals surface area (Å²) in [6.07, 6.45) is 0. The second-order valence-corrected chi connectivity index (χ2v) is 8.27. The third kappa shape index (κ3) is 6.39. The van der Waals surface area contributed by atoms with Gasteiger partial charge in [-0.15, -0.1) is 0 Å². The molecule has 0 saturated heterocycles. The summed E-state index contributed by atoms with van der Waals surface area (Å²) < 4.78 is 6.70. The average Bonchev–Trinajstić information content (AvgIpc) is 2.60. The maximum Gasteiger partial charge on any atom is 0.326 e.